The highest BCUT2D eigenvalue weighted by Crippen LogP contribution is 2.35. The van der Waals surface area contributed by atoms with Gasteiger partial charge in [0, 0.05) is 12.6 Å². The summed E-state index contributed by atoms with van der Waals surface area (Å²) in [4.78, 5) is 11.7. The molecule has 0 bridgehead atoms. The number of halogens is 4. The van der Waals surface area contributed by atoms with Crippen molar-refractivity contribution in [1.82, 2.24) is 5.32 Å². The number of hydrogen-bond acceptors (Lipinski definition) is 2. The zero-order chi connectivity index (χ0) is 20.2. The molecule has 2 rings (SSSR count). The van der Waals surface area contributed by atoms with Crippen LogP contribution in [0.5, 0.6) is 5.75 Å². The van der Waals surface area contributed by atoms with Gasteiger partial charge in [-0.15, -0.1) is 0 Å². The molecule has 0 aliphatic carbocycles. The minimum Gasteiger partial charge on any atom is -0.487 e. The second-order valence-electron chi connectivity index (χ2n) is 6.14. The maximum atomic E-state index is 13.4. The van der Waals surface area contributed by atoms with Gasteiger partial charge >= 0.3 is 6.18 Å². The molecule has 0 unspecified atom stereocenters. The van der Waals surface area contributed by atoms with Crippen LogP contribution in [0.4, 0.5) is 13.2 Å². The van der Waals surface area contributed by atoms with Gasteiger partial charge in [-0.25, -0.2) is 0 Å². The first-order chi connectivity index (χ1) is 12.7. The molecule has 1 N–H and O–H groups in total. The van der Waals surface area contributed by atoms with Crippen molar-refractivity contribution in [3.8, 4) is 5.75 Å². The number of likely N-dealkylation sites (N-methyl/N-ethyl adjacent to an activating group) is 1. The Morgan fingerprint density at radius 1 is 1.22 bits per heavy atom. The van der Waals surface area contributed by atoms with Crippen LogP contribution in [0.15, 0.2) is 30.3 Å². The number of aryl methyl sites for hydroxylation is 2. The van der Waals surface area contributed by atoms with E-state index in [9.17, 15) is 18.0 Å². The van der Waals surface area contributed by atoms with Gasteiger partial charge < -0.3 is 10.1 Å². The molecular weight excluding hydrogens is 379 g/mol. The van der Waals surface area contributed by atoms with Crippen molar-refractivity contribution in [3.63, 3.8) is 0 Å². The van der Waals surface area contributed by atoms with Crippen molar-refractivity contribution >= 4 is 17.5 Å². The van der Waals surface area contributed by atoms with E-state index >= 15 is 0 Å². The lowest BCUT2D eigenvalue weighted by molar-refractivity contribution is -0.138. The largest absolute Gasteiger partial charge is 0.487 e. The standard InChI is InChI=1S/C20H21ClF3NO2/c1-4-13-9-17(21)18(8-12(13)2)27-11-15-14(10-19(26)25-3)6-5-7-16(15)20(22,23)24/h5-9H,4,10-11H2,1-3H3,(H,25,26). The van der Waals surface area contributed by atoms with Gasteiger partial charge in [-0.1, -0.05) is 30.7 Å². The minimum atomic E-state index is -4.55. The first kappa shape index (κ1) is 21.1. The van der Waals surface area contributed by atoms with Gasteiger partial charge in [0.1, 0.15) is 12.4 Å². The highest BCUT2D eigenvalue weighted by Gasteiger charge is 2.34. The Bertz CT molecular complexity index is 835. The van der Waals surface area contributed by atoms with Crippen molar-refractivity contribution in [3.05, 3.63) is 63.2 Å². The van der Waals surface area contributed by atoms with E-state index in [2.05, 4.69) is 5.32 Å². The van der Waals surface area contributed by atoms with Crippen LogP contribution < -0.4 is 10.1 Å². The lowest BCUT2D eigenvalue weighted by atomic mass is 9.98. The Morgan fingerprint density at radius 3 is 2.52 bits per heavy atom. The van der Waals surface area contributed by atoms with E-state index < -0.39 is 11.7 Å². The molecular formula is C20H21ClF3NO2. The summed E-state index contributed by atoms with van der Waals surface area (Å²) in [5, 5.41) is 2.76. The first-order valence-electron chi connectivity index (χ1n) is 8.47. The van der Waals surface area contributed by atoms with Crippen LogP contribution in [0, 0.1) is 6.92 Å². The van der Waals surface area contributed by atoms with Gasteiger partial charge in [0.2, 0.25) is 5.91 Å². The zero-order valence-electron chi connectivity index (χ0n) is 15.3. The van der Waals surface area contributed by atoms with Crippen molar-refractivity contribution < 1.29 is 22.7 Å². The Balaban J connectivity index is 2.39. The van der Waals surface area contributed by atoms with E-state index in [-0.39, 0.29) is 30.1 Å². The third-order valence-electron chi connectivity index (χ3n) is 4.35. The molecule has 2 aromatic rings. The van der Waals surface area contributed by atoms with Gasteiger partial charge in [0.15, 0.2) is 0 Å². The summed E-state index contributed by atoms with van der Waals surface area (Å²) >= 11 is 6.21. The van der Waals surface area contributed by atoms with Gasteiger partial charge in [-0.3, -0.25) is 4.79 Å². The van der Waals surface area contributed by atoms with Gasteiger partial charge in [0.05, 0.1) is 17.0 Å². The first-order valence-corrected chi connectivity index (χ1v) is 8.85. The van der Waals surface area contributed by atoms with E-state index in [0.29, 0.717) is 10.8 Å². The average molecular weight is 400 g/mol. The highest BCUT2D eigenvalue weighted by molar-refractivity contribution is 6.32. The number of amides is 1. The van der Waals surface area contributed by atoms with E-state index in [1.54, 1.807) is 12.1 Å². The summed E-state index contributed by atoms with van der Waals surface area (Å²) in [6.45, 7) is 3.54. The molecule has 7 heteroatoms. The normalized spacial score (nSPS) is 11.4. The number of hydrogen-bond donors (Lipinski definition) is 1. The van der Waals surface area contributed by atoms with Gasteiger partial charge in [-0.2, -0.15) is 13.2 Å². The lowest BCUT2D eigenvalue weighted by Crippen LogP contribution is -2.22. The SMILES string of the molecule is CCc1cc(Cl)c(OCc2c(CC(=O)NC)cccc2C(F)(F)F)cc1C. The zero-order valence-corrected chi connectivity index (χ0v) is 16.1. The van der Waals surface area contributed by atoms with Crippen molar-refractivity contribution in [2.24, 2.45) is 0 Å². The summed E-state index contributed by atoms with van der Waals surface area (Å²) in [7, 11) is 1.43. The summed E-state index contributed by atoms with van der Waals surface area (Å²) in [5.41, 5.74) is 1.38. The molecule has 0 radical (unpaired) electrons. The second-order valence-corrected chi connectivity index (χ2v) is 6.55. The monoisotopic (exact) mass is 399 g/mol. The number of nitrogens with one attached hydrogen (secondary N) is 1. The topological polar surface area (TPSA) is 38.3 Å². The highest BCUT2D eigenvalue weighted by atomic mass is 35.5. The van der Waals surface area contributed by atoms with Crippen LogP contribution in [0.2, 0.25) is 5.02 Å². The molecule has 0 aromatic heterocycles. The number of carbonyl (C=O) groups is 1. The van der Waals surface area contributed by atoms with Crippen LogP contribution in [-0.2, 0) is 30.4 Å². The molecule has 0 saturated heterocycles. The van der Waals surface area contributed by atoms with E-state index in [1.807, 2.05) is 13.8 Å². The summed E-state index contributed by atoms with van der Waals surface area (Å²) in [5.74, 6) is -0.0639. The maximum Gasteiger partial charge on any atom is 0.416 e. The van der Waals surface area contributed by atoms with Crippen molar-refractivity contribution in [2.45, 2.75) is 39.5 Å². The predicted molar refractivity (Wildman–Crippen MR) is 99.1 cm³/mol. The molecule has 0 aliphatic heterocycles. The van der Waals surface area contributed by atoms with Gasteiger partial charge in [0.25, 0.3) is 0 Å². The minimum absolute atomic E-state index is 0.0677. The molecule has 146 valence electrons. The molecule has 0 spiro atoms. The van der Waals surface area contributed by atoms with E-state index in [4.69, 9.17) is 16.3 Å². The number of carbonyl (C=O) groups excluding carboxylic acids is 1. The third kappa shape index (κ3) is 5.16. The Hall–Kier alpha value is -2.21. The predicted octanol–water partition coefficient (Wildman–Crippen LogP) is 5.10. The molecule has 0 aliphatic rings. The summed E-state index contributed by atoms with van der Waals surface area (Å²) < 4.78 is 45.9. The fourth-order valence-corrected chi connectivity index (χ4v) is 3.08. The maximum absolute atomic E-state index is 13.4. The van der Waals surface area contributed by atoms with Crippen LogP contribution in [0.3, 0.4) is 0 Å². The summed E-state index contributed by atoms with van der Waals surface area (Å²) in [6, 6.07) is 7.25. The number of rotatable bonds is 6. The van der Waals surface area contributed by atoms with Crippen LogP contribution in [0.1, 0.15) is 34.7 Å². The average Bonchev–Trinajstić information content (AvgIpc) is 2.61. The molecule has 0 fully saturated rings. The van der Waals surface area contributed by atoms with E-state index in [0.717, 1.165) is 23.6 Å². The second kappa shape index (κ2) is 8.65. The van der Waals surface area contributed by atoms with Crippen LogP contribution in [-0.4, -0.2) is 13.0 Å². The molecule has 0 atom stereocenters. The Morgan fingerprint density at radius 2 is 1.93 bits per heavy atom. The fraction of sp³-hybridized carbons (Fsp3) is 0.350. The van der Waals surface area contributed by atoms with Crippen molar-refractivity contribution in [1.29, 1.82) is 0 Å². The van der Waals surface area contributed by atoms with Gasteiger partial charge in [-0.05, 0) is 48.2 Å². The Labute approximate surface area is 161 Å². The molecule has 1 amide bonds. The lowest BCUT2D eigenvalue weighted by Gasteiger charge is -2.18. The quantitative estimate of drug-likeness (QED) is 0.734. The van der Waals surface area contributed by atoms with Crippen LogP contribution >= 0.6 is 11.6 Å². The number of ether oxygens (including phenoxy) is 1. The summed E-state index contributed by atoms with van der Waals surface area (Å²) in [6.07, 6.45) is -3.93. The third-order valence-corrected chi connectivity index (χ3v) is 4.65. The molecule has 27 heavy (non-hydrogen) atoms. The molecule has 3 nitrogen and oxygen atoms in total. The van der Waals surface area contributed by atoms with Crippen molar-refractivity contribution in [2.75, 3.05) is 7.05 Å². The molecule has 0 heterocycles. The smallest absolute Gasteiger partial charge is 0.416 e. The van der Waals surface area contributed by atoms with E-state index in [1.165, 1.54) is 19.2 Å². The fourth-order valence-electron chi connectivity index (χ4n) is 2.84. The van der Waals surface area contributed by atoms with Crippen LogP contribution in [0.25, 0.3) is 0 Å². The number of alkyl halides is 3. The molecule has 2 aromatic carbocycles. The Kier molecular flexibility index (Phi) is 6.76. The number of benzene rings is 2. The molecule has 0 saturated carbocycles.